The molecule has 0 amide bonds. The molecule has 0 radical (unpaired) electrons. The van der Waals surface area contributed by atoms with Crippen LogP contribution in [0.15, 0.2) is 28.0 Å². The summed E-state index contributed by atoms with van der Waals surface area (Å²) in [6.45, 7) is 1.57. The first-order chi connectivity index (χ1) is 12.8. The summed E-state index contributed by atoms with van der Waals surface area (Å²) in [5.41, 5.74) is 0.651. The van der Waals surface area contributed by atoms with Crippen LogP contribution < -0.4 is 5.56 Å². The summed E-state index contributed by atoms with van der Waals surface area (Å²) in [6, 6.07) is 6.89. The van der Waals surface area contributed by atoms with E-state index in [1.807, 2.05) is 6.07 Å². The zero-order chi connectivity index (χ0) is 19.7. The summed E-state index contributed by atoms with van der Waals surface area (Å²) in [4.78, 5) is 16.2. The van der Waals surface area contributed by atoms with Gasteiger partial charge in [-0.2, -0.15) is 5.26 Å². The molecule has 27 heavy (non-hydrogen) atoms. The summed E-state index contributed by atoms with van der Waals surface area (Å²) in [5, 5.41) is 29.2. The van der Waals surface area contributed by atoms with Crippen LogP contribution in [0.1, 0.15) is 16.7 Å². The fraction of sp³-hybridized carbons (Fsp3) is 0.118. The van der Waals surface area contributed by atoms with E-state index in [1.54, 1.807) is 25.1 Å². The lowest BCUT2D eigenvalue weighted by atomic mass is 10.1. The molecule has 10 heteroatoms. The smallest absolute Gasteiger partial charge is 0.271 e. The van der Waals surface area contributed by atoms with E-state index in [1.165, 1.54) is 24.6 Å². The van der Waals surface area contributed by atoms with Crippen molar-refractivity contribution in [2.75, 3.05) is 0 Å². The minimum absolute atomic E-state index is 0.0531. The lowest BCUT2D eigenvalue weighted by Crippen LogP contribution is -2.22. The lowest BCUT2D eigenvalue weighted by molar-refractivity contribution is 0.421. The molecule has 0 saturated carbocycles. The van der Waals surface area contributed by atoms with Gasteiger partial charge in [-0.3, -0.25) is 9.36 Å². The molecular formula is C17H11Cl2N5O2S. The largest absolute Gasteiger partial charge is 0.494 e. The summed E-state index contributed by atoms with van der Waals surface area (Å²) in [5.74, 6) is -0.286. The molecule has 0 aliphatic carbocycles. The van der Waals surface area contributed by atoms with Gasteiger partial charge in [-0.1, -0.05) is 34.5 Å². The predicted octanol–water partition coefficient (Wildman–Crippen LogP) is 3.85. The maximum Gasteiger partial charge on any atom is 0.271 e. The van der Waals surface area contributed by atoms with Crippen LogP contribution in [0.5, 0.6) is 5.88 Å². The Morgan fingerprint density at radius 2 is 2.11 bits per heavy atom. The molecule has 0 aliphatic heterocycles. The summed E-state index contributed by atoms with van der Waals surface area (Å²) >= 11 is 13.3. The van der Waals surface area contributed by atoms with Crippen molar-refractivity contribution >= 4 is 45.9 Å². The van der Waals surface area contributed by atoms with E-state index in [0.29, 0.717) is 31.3 Å². The van der Waals surface area contributed by atoms with Crippen LogP contribution in [0.25, 0.3) is 10.6 Å². The number of benzene rings is 1. The molecule has 0 atom stereocenters. The van der Waals surface area contributed by atoms with Crippen molar-refractivity contribution in [2.45, 2.75) is 6.92 Å². The minimum atomic E-state index is -0.569. The van der Waals surface area contributed by atoms with Gasteiger partial charge in [-0.15, -0.1) is 10.2 Å². The van der Waals surface area contributed by atoms with Crippen LogP contribution in [-0.2, 0) is 7.05 Å². The molecule has 1 aromatic carbocycles. The van der Waals surface area contributed by atoms with Crippen LogP contribution in [0, 0.1) is 18.3 Å². The standard InChI is InChI=1S/C17H11Cl2N5O2S/c1-8-11(6-20)15(25)24(2)16(26)12(8)7-21-17-23-22-14(27-17)10-4-3-9(18)5-13(10)19/h3-5,7,26H,1-2H3. The van der Waals surface area contributed by atoms with Crippen molar-refractivity contribution in [2.24, 2.45) is 12.0 Å². The number of nitrogens with zero attached hydrogens (tertiary/aromatic N) is 5. The first-order valence-electron chi connectivity index (χ1n) is 7.49. The molecule has 0 spiro atoms. The second-order valence-corrected chi connectivity index (χ2v) is 7.29. The van der Waals surface area contributed by atoms with Gasteiger partial charge in [0.05, 0.1) is 10.6 Å². The molecule has 0 saturated heterocycles. The zero-order valence-electron chi connectivity index (χ0n) is 14.1. The van der Waals surface area contributed by atoms with Gasteiger partial charge >= 0.3 is 0 Å². The second-order valence-electron chi connectivity index (χ2n) is 5.49. The SMILES string of the molecule is Cc1c(C=Nc2nnc(-c3ccc(Cl)cc3Cl)s2)c(O)n(C)c(=O)c1C#N. The molecule has 3 aromatic rings. The zero-order valence-corrected chi connectivity index (χ0v) is 16.4. The van der Waals surface area contributed by atoms with Crippen molar-refractivity contribution < 1.29 is 5.11 Å². The van der Waals surface area contributed by atoms with E-state index < -0.39 is 5.56 Å². The van der Waals surface area contributed by atoms with Gasteiger partial charge in [0.1, 0.15) is 11.6 Å². The van der Waals surface area contributed by atoms with Crippen molar-refractivity contribution in [3.05, 3.63) is 55.3 Å². The average molecular weight is 420 g/mol. The topological polar surface area (TPSA) is 104 Å². The number of rotatable bonds is 3. The van der Waals surface area contributed by atoms with Gasteiger partial charge in [-0.25, -0.2) is 4.99 Å². The Morgan fingerprint density at radius 1 is 1.37 bits per heavy atom. The van der Waals surface area contributed by atoms with E-state index >= 15 is 0 Å². The molecular weight excluding hydrogens is 409 g/mol. The third kappa shape index (κ3) is 3.57. The van der Waals surface area contributed by atoms with E-state index in [4.69, 9.17) is 28.5 Å². The molecule has 136 valence electrons. The van der Waals surface area contributed by atoms with Crippen LogP contribution >= 0.6 is 34.5 Å². The Kier molecular flexibility index (Phi) is 5.28. The van der Waals surface area contributed by atoms with Gasteiger partial charge in [0, 0.05) is 23.8 Å². The Labute approximate surface area is 167 Å². The highest BCUT2D eigenvalue weighted by Gasteiger charge is 2.16. The van der Waals surface area contributed by atoms with E-state index in [-0.39, 0.29) is 17.0 Å². The Hall–Kier alpha value is -2.73. The van der Waals surface area contributed by atoms with Gasteiger partial charge in [0.15, 0.2) is 5.01 Å². The lowest BCUT2D eigenvalue weighted by Gasteiger charge is -2.09. The summed E-state index contributed by atoms with van der Waals surface area (Å²) in [6.07, 6.45) is 1.35. The molecule has 0 fully saturated rings. The maximum absolute atomic E-state index is 12.0. The monoisotopic (exact) mass is 419 g/mol. The fourth-order valence-corrected chi connectivity index (χ4v) is 3.64. The van der Waals surface area contributed by atoms with Crippen molar-refractivity contribution in [1.29, 1.82) is 5.26 Å². The fourth-order valence-electron chi connectivity index (χ4n) is 2.35. The highest BCUT2D eigenvalue weighted by molar-refractivity contribution is 7.18. The number of aromatic nitrogens is 3. The number of pyridine rings is 1. The molecule has 0 unspecified atom stereocenters. The Bertz CT molecular complexity index is 1180. The number of aliphatic imine (C=N–C) groups is 1. The Morgan fingerprint density at radius 3 is 2.78 bits per heavy atom. The van der Waals surface area contributed by atoms with Gasteiger partial charge < -0.3 is 5.11 Å². The molecule has 1 N–H and O–H groups in total. The molecule has 0 aliphatic rings. The molecule has 2 aromatic heterocycles. The molecule has 2 heterocycles. The number of aromatic hydroxyl groups is 1. The van der Waals surface area contributed by atoms with E-state index in [9.17, 15) is 9.90 Å². The van der Waals surface area contributed by atoms with Crippen molar-refractivity contribution in [3.63, 3.8) is 0 Å². The van der Waals surface area contributed by atoms with Crippen LogP contribution in [0.3, 0.4) is 0 Å². The predicted molar refractivity (Wildman–Crippen MR) is 105 cm³/mol. The van der Waals surface area contributed by atoms with Crippen molar-refractivity contribution in [1.82, 2.24) is 14.8 Å². The minimum Gasteiger partial charge on any atom is -0.494 e. The molecule has 0 bridgehead atoms. The van der Waals surface area contributed by atoms with Gasteiger partial charge in [-0.05, 0) is 30.7 Å². The summed E-state index contributed by atoms with van der Waals surface area (Å²) < 4.78 is 0.992. The first-order valence-corrected chi connectivity index (χ1v) is 9.06. The number of hydrogen-bond donors (Lipinski definition) is 1. The first kappa shape index (κ1) is 19.0. The third-order valence-corrected chi connectivity index (χ3v) is 5.26. The molecule has 3 rings (SSSR count). The highest BCUT2D eigenvalue weighted by atomic mass is 35.5. The van der Waals surface area contributed by atoms with Crippen LogP contribution in [0.4, 0.5) is 5.13 Å². The quantitative estimate of drug-likeness (QED) is 0.649. The highest BCUT2D eigenvalue weighted by Crippen LogP contribution is 2.34. The molecule has 7 nitrogen and oxygen atoms in total. The van der Waals surface area contributed by atoms with Crippen LogP contribution in [0.2, 0.25) is 10.0 Å². The second kappa shape index (κ2) is 7.48. The normalized spacial score (nSPS) is 11.1. The maximum atomic E-state index is 12.0. The number of nitriles is 1. The summed E-state index contributed by atoms with van der Waals surface area (Å²) in [7, 11) is 1.38. The van der Waals surface area contributed by atoms with Gasteiger partial charge in [0.25, 0.3) is 5.56 Å². The van der Waals surface area contributed by atoms with E-state index in [0.717, 1.165) is 4.57 Å². The average Bonchev–Trinajstić information content (AvgIpc) is 3.09. The third-order valence-electron chi connectivity index (χ3n) is 3.85. The van der Waals surface area contributed by atoms with Crippen molar-refractivity contribution in [3.8, 4) is 22.5 Å². The van der Waals surface area contributed by atoms with Crippen LogP contribution in [-0.4, -0.2) is 26.1 Å². The van der Waals surface area contributed by atoms with E-state index in [2.05, 4.69) is 15.2 Å². The van der Waals surface area contributed by atoms with Gasteiger partial charge in [0.2, 0.25) is 11.0 Å². The number of hydrogen-bond acceptors (Lipinski definition) is 7. The Balaban J connectivity index is 1.99. The number of halogens is 2.